The zero-order chi connectivity index (χ0) is 23.3. The van der Waals surface area contributed by atoms with E-state index in [1.54, 1.807) is 7.11 Å². The molecule has 0 radical (unpaired) electrons. The smallest absolute Gasteiger partial charge is 0.303 e. The highest BCUT2D eigenvalue weighted by Crippen LogP contribution is 2.43. The van der Waals surface area contributed by atoms with Crippen LogP contribution >= 0.6 is 0 Å². The molecule has 3 rings (SSSR count). The predicted octanol–water partition coefficient (Wildman–Crippen LogP) is 4.45. The van der Waals surface area contributed by atoms with Gasteiger partial charge in [0, 0.05) is 38.0 Å². The van der Waals surface area contributed by atoms with Crippen molar-refractivity contribution in [3.63, 3.8) is 0 Å². The van der Waals surface area contributed by atoms with Gasteiger partial charge in [-0.3, -0.25) is 4.79 Å². The van der Waals surface area contributed by atoms with Crippen LogP contribution in [-0.2, 0) is 9.53 Å². The van der Waals surface area contributed by atoms with Crippen molar-refractivity contribution in [2.45, 2.75) is 37.9 Å². The molecule has 0 spiro atoms. The zero-order valence-electron chi connectivity index (χ0n) is 18.2. The van der Waals surface area contributed by atoms with Gasteiger partial charge in [0.1, 0.15) is 11.9 Å². The second-order valence-electron chi connectivity index (χ2n) is 7.39. The molecule has 0 aromatic heterocycles. The lowest BCUT2D eigenvalue weighted by atomic mass is 9.92. The molecule has 32 heavy (non-hydrogen) atoms. The topological polar surface area (TPSA) is 83.5 Å². The summed E-state index contributed by atoms with van der Waals surface area (Å²) in [7, 11) is 4.43. The number of hydrogen-bond donors (Lipinski definition) is 1. The number of benzene rings is 2. The molecule has 1 saturated carbocycles. The lowest BCUT2D eigenvalue weighted by Crippen LogP contribution is -2.38. The Kier molecular flexibility index (Phi) is 7.74. The first-order chi connectivity index (χ1) is 15.4. The van der Waals surface area contributed by atoms with Gasteiger partial charge in [-0.25, -0.2) is 8.78 Å². The van der Waals surface area contributed by atoms with Crippen LogP contribution in [0.2, 0.25) is 0 Å². The van der Waals surface area contributed by atoms with Gasteiger partial charge in [-0.2, -0.15) is 0 Å². The van der Waals surface area contributed by atoms with Gasteiger partial charge in [0.15, 0.2) is 23.1 Å². The molecule has 1 fully saturated rings. The largest absolute Gasteiger partial charge is 0.493 e. The fourth-order valence-corrected chi connectivity index (χ4v) is 3.42. The summed E-state index contributed by atoms with van der Waals surface area (Å²) in [5, 5.41) is 8.76. The van der Waals surface area contributed by atoms with Crippen molar-refractivity contribution in [1.29, 1.82) is 0 Å². The molecule has 174 valence electrons. The van der Waals surface area contributed by atoms with Crippen molar-refractivity contribution in [2.24, 2.45) is 0 Å². The van der Waals surface area contributed by atoms with Crippen LogP contribution in [-0.4, -0.2) is 51.2 Å². The number of carboxylic acid groups (broad SMARTS) is 1. The Labute approximate surface area is 184 Å². The summed E-state index contributed by atoms with van der Waals surface area (Å²) in [6.07, 6.45) is 1.59. The molecule has 0 bridgehead atoms. The molecule has 2 aromatic carbocycles. The average molecular weight is 452 g/mol. The Morgan fingerprint density at radius 3 is 2.25 bits per heavy atom. The second-order valence-corrected chi connectivity index (χ2v) is 7.39. The molecule has 0 unspecified atom stereocenters. The number of rotatable bonds is 11. The van der Waals surface area contributed by atoms with Gasteiger partial charge in [-0.15, -0.1) is 0 Å². The Morgan fingerprint density at radius 2 is 1.69 bits per heavy atom. The molecule has 0 aliphatic heterocycles. The van der Waals surface area contributed by atoms with Crippen LogP contribution < -0.4 is 18.9 Å². The average Bonchev–Trinajstić information content (AvgIpc) is 2.75. The molecule has 7 nitrogen and oxygen atoms in total. The maximum atomic E-state index is 14.7. The van der Waals surface area contributed by atoms with Gasteiger partial charge in [-0.05, 0) is 30.2 Å². The van der Waals surface area contributed by atoms with E-state index in [1.807, 2.05) is 0 Å². The Bertz CT molecular complexity index is 933. The Hall–Kier alpha value is -3.07. The SMILES string of the molecule is COc1cc(-c2cc(OC3CC(OC)C3)cc(F)c2F)cc(OC)c1OCCCC(=O)O. The fourth-order valence-electron chi connectivity index (χ4n) is 3.42. The third-order valence-electron chi connectivity index (χ3n) is 5.24. The van der Waals surface area contributed by atoms with Gasteiger partial charge in [-0.1, -0.05) is 0 Å². The lowest BCUT2D eigenvalue weighted by molar-refractivity contribution is -0.137. The first-order valence-electron chi connectivity index (χ1n) is 10.2. The molecule has 0 atom stereocenters. The van der Waals surface area contributed by atoms with Crippen LogP contribution in [0.15, 0.2) is 24.3 Å². The van der Waals surface area contributed by atoms with Crippen LogP contribution in [0.1, 0.15) is 25.7 Å². The number of halogens is 2. The van der Waals surface area contributed by atoms with E-state index in [4.69, 9.17) is 28.8 Å². The van der Waals surface area contributed by atoms with Crippen LogP contribution in [0.5, 0.6) is 23.0 Å². The quantitative estimate of drug-likeness (QED) is 0.505. The minimum atomic E-state index is -1.04. The van der Waals surface area contributed by atoms with Crippen molar-refractivity contribution in [3.05, 3.63) is 35.9 Å². The highest BCUT2D eigenvalue weighted by Gasteiger charge is 2.31. The second kappa shape index (κ2) is 10.5. The van der Waals surface area contributed by atoms with Crippen LogP contribution in [0.4, 0.5) is 8.78 Å². The summed E-state index contributed by atoms with van der Waals surface area (Å²) in [6, 6.07) is 5.45. The highest BCUT2D eigenvalue weighted by atomic mass is 19.2. The summed E-state index contributed by atoms with van der Waals surface area (Å²) in [4.78, 5) is 10.7. The minimum absolute atomic E-state index is 0.0170. The van der Waals surface area contributed by atoms with E-state index in [-0.39, 0.29) is 60.2 Å². The third-order valence-corrected chi connectivity index (χ3v) is 5.24. The van der Waals surface area contributed by atoms with Crippen LogP contribution in [0.3, 0.4) is 0 Å². The van der Waals surface area contributed by atoms with E-state index < -0.39 is 17.6 Å². The van der Waals surface area contributed by atoms with Gasteiger partial charge in [0.05, 0.1) is 26.9 Å². The third kappa shape index (κ3) is 5.40. The van der Waals surface area contributed by atoms with E-state index in [1.165, 1.54) is 32.4 Å². The summed E-state index contributed by atoms with van der Waals surface area (Å²) < 4.78 is 56.4. The summed E-state index contributed by atoms with van der Waals surface area (Å²) in [6.45, 7) is 0.120. The molecule has 1 aliphatic carbocycles. The summed E-state index contributed by atoms with van der Waals surface area (Å²) >= 11 is 0. The first-order valence-corrected chi connectivity index (χ1v) is 10.2. The van der Waals surface area contributed by atoms with Gasteiger partial charge in [0.2, 0.25) is 5.75 Å². The van der Waals surface area contributed by atoms with E-state index in [0.29, 0.717) is 18.4 Å². The van der Waals surface area contributed by atoms with Gasteiger partial charge in [0.25, 0.3) is 0 Å². The molecule has 0 saturated heterocycles. The molecule has 2 aromatic rings. The monoisotopic (exact) mass is 452 g/mol. The standard InChI is InChI=1S/C23H26F2O7/c1-28-14-9-15(10-14)32-16-11-17(22(25)18(24)12-16)13-7-19(29-2)23(20(8-13)30-3)31-6-4-5-21(26)27/h7-8,11-12,14-15H,4-6,9-10H2,1-3H3,(H,26,27). The number of carbonyl (C=O) groups is 1. The molecule has 0 heterocycles. The maximum absolute atomic E-state index is 14.7. The number of aliphatic carboxylic acids is 1. The van der Waals surface area contributed by atoms with Gasteiger partial charge >= 0.3 is 5.97 Å². The molecule has 9 heteroatoms. The van der Waals surface area contributed by atoms with Gasteiger partial charge < -0.3 is 28.8 Å². The summed E-state index contributed by atoms with van der Waals surface area (Å²) in [5.41, 5.74) is 0.290. The van der Waals surface area contributed by atoms with E-state index in [9.17, 15) is 13.6 Å². The lowest BCUT2D eigenvalue weighted by Gasteiger charge is -2.34. The minimum Gasteiger partial charge on any atom is -0.493 e. The van der Waals surface area contributed by atoms with Crippen molar-refractivity contribution >= 4 is 5.97 Å². The van der Waals surface area contributed by atoms with E-state index in [2.05, 4.69) is 0 Å². The number of methoxy groups -OCH3 is 3. The molecule has 1 aliphatic rings. The van der Waals surface area contributed by atoms with Crippen molar-refractivity contribution < 1.29 is 42.4 Å². The van der Waals surface area contributed by atoms with Crippen molar-refractivity contribution in [1.82, 2.24) is 0 Å². The summed E-state index contributed by atoms with van der Waals surface area (Å²) in [5.74, 6) is -2.05. The fraction of sp³-hybridized carbons (Fsp3) is 0.435. The number of carboxylic acids is 1. The molecular formula is C23H26F2O7. The first kappa shape index (κ1) is 23.6. The van der Waals surface area contributed by atoms with Crippen LogP contribution in [0, 0.1) is 11.6 Å². The molecule has 1 N–H and O–H groups in total. The predicted molar refractivity (Wildman–Crippen MR) is 112 cm³/mol. The zero-order valence-corrected chi connectivity index (χ0v) is 18.2. The Balaban J connectivity index is 1.88. The van der Waals surface area contributed by atoms with E-state index >= 15 is 0 Å². The number of ether oxygens (including phenoxy) is 5. The Morgan fingerprint density at radius 1 is 1.03 bits per heavy atom. The highest BCUT2D eigenvalue weighted by molar-refractivity contribution is 5.72. The maximum Gasteiger partial charge on any atom is 0.303 e. The molecular weight excluding hydrogens is 426 g/mol. The van der Waals surface area contributed by atoms with Crippen molar-refractivity contribution in [3.8, 4) is 34.1 Å². The molecule has 0 amide bonds. The normalized spacial score (nSPS) is 17.4. The number of hydrogen-bond acceptors (Lipinski definition) is 6. The van der Waals surface area contributed by atoms with Crippen molar-refractivity contribution in [2.75, 3.05) is 27.9 Å². The van der Waals surface area contributed by atoms with Crippen LogP contribution in [0.25, 0.3) is 11.1 Å². The van der Waals surface area contributed by atoms with E-state index in [0.717, 1.165) is 6.07 Å².